The molecule has 0 aliphatic carbocycles. The maximum absolute atomic E-state index is 13.2. The number of carbonyl (C=O) groups is 5. The number of nitrogens with one attached hydrogen (secondary N) is 3. The highest BCUT2D eigenvalue weighted by atomic mass is 32.2. The molecule has 0 fully saturated rings. The summed E-state index contributed by atoms with van der Waals surface area (Å²) in [5.41, 5.74) is 11.7. The van der Waals surface area contributed by atoms with Gasteiger partial charge in [-0.15, -0.1) is 0 Å². The molecule has 0 aromatic heterocycles. The first-order chi connectivity index (χ1) is 17.0. The van der Waals surface area contributed by atoms with Gasteiger partial charge in [-0.25, -0.2) is 4.79 Å². The molecule has 4 unspecified atom stereocenters. The average molecular weight is 524 g/mol. The highest BCUT2D eigenvalue weighted by Crippen LogP contribution is 2.09. The molecule has 1 aromatic rings. The van der Waals surface area contributed by atoms with Crippen molar-refractivity contribution >= 4 is 41.4 Å². The van der Waals surface area contributed by atoms with Crippen molar-refractivity contribution in [2.24, 2.45) is 17.4 Å². The van der Waals surface area contributed by atoms with Gasteiger partial charge < -0.3 is 32.5 Å². The van der Waals surface area contributed by atoms with Crippen LogP contribution in [0.2, 0.25) is 0 Å². The van der Waals surface area contributed by atoms with E-state index in [4.69, 9.17) is 11.5 Å². The normalized spacial score (nSPS) is 14.2. The van der Waals surface area contributed by atoms with Gasteiger partial charge in [0.15, 0.2) is 0 Å². The van der Waals surface area contributed by atoms with Gasteiger partial charge in [-0.2, -0.15) is 11.8 Å². The number of benzene rings is 1. The largest absolute Gasteiger partial charge is 0.480 e. The van der Waals surface area contributed by atoms with Crippen LogP contribution in [0, 0.1) is 5.92 Å². The van der Waals surface area contributed by atoms with E-state index < -0.39 is 53.8 Å². The van der Waals surface area contributed by atoms with E-state index in [1.165, 1.54) is 11.8 Å². The van der Waals surface area contributed by atoms with Crippen LogP contribution in [-0.2, 0) is 30.4 Å². The zero-order chi connectivity index (χ0) is 27.3. The van der Waals surface area contributed by atoms with Crippen LogP contribution in [-0.4, -0.2) is 70.9 Å². The molecular weight excluding hydrogens is 486 g/mol. The van der Waals surface area contributed by atoms with Gasteiger partial charge in [-0.3, -0.25) is 19.2 Å². The Bertz CT molecular complexity index is 898. The fraction of sp³-hybridized carbons (Fsp3) is 0.542. The fourth-order valence-corrected chi connectivity index (χ4v) is 3.78. The smallest absolute Gasteiger partial charge is 0.326 e. The number of carboxylic acids is 1. The minimum absolute atomic E-state index is 0.0183. The molecule has 36 heavy (non-hydrogen) atoms. The van der Waals surface area contributed by atoms with Crippen molar-refractivity contribution in [3.63, 3.8) is 0 Å². The van der Waals surface area contributed by atoms with Crippen LogP contribution in [0.4, 0.5) is 0 Å². The number of carboxylic acid groups (broad SMARTS) is 1. The van der Waals surface area contributed by atoms with Gasteiger partial charge in [0.1, 0.15) is 18.1 Å². The third kappa shape index (κ3) is 11.1. The molecule has 0 heterocycles. The summed E-state index contributed by atoms with van der Waals surface area (Å²) in [6.07, 6.45) is 2.13. The number of amides is 4. The zero-order valence-corrected chi connectivity index (χ0v) is 21.7. The Hall–Kier alpha value is -3.12. The van der Waals surface area contributed by atoms with E-state index in [9.17, 15) is 29.1 Å². The predicted molar refractivity (Wildman–Crippen MR) is 138 cm³/mol. The van der Waals surface area contributed by atoms with E-state index in [1.54, 1.807) is 38.1 Å². The highest BCUT2D eigenvalue weighted by Gasteiger charge is 2.32. The highest BCUT2D eigenvalue weighted by molar-refractivity contribution is 7.98. The lowest BCUT2D eigenvalue weighted by Crippen LogP contribution is -2.59. The number of hydrogen-bond acceptors (Lipinski definition) is 7. The monoisotopic (exact) mass is 523 g/mol. The van der Waals surface area contributed by atoms with Crippen molar-refractivity contribution in [2.45, 2.75) is 63.7 Å². The van der Waals surface area contributed by atoms with Crippen molar-refractivity contribution in [1.82, 2.24) is 16.0 Å². The van der Waals surface area contributed by atoms with Crippen LogP contribution in [0.15, 0.2) is 30.3 Å². The Morgan fingerprint density at radius 3 is 2.06 bits per heavy atom. The predicted octanol–water partition coefficient (Wildman–Crippen LogP) is -0.230. The molecular formula is C24H37N5O6S. The maximum atomic E-state index is 13.2. The third-order valence-corrected chi connectivity index (χ3v) is 6.07. The number of nitrogens with two attached hydrogens (primary N) is 2. The molecule has 0 aliphatic rings. The molecule has 8 N–H and O–H groups in total. The summed E-state index contributed by atoms with van der Waals surface area (Å²) in [6, 6.07) is 4.71. The summed E-state index contributed by atoms with van der Waals surface area (Å²) in [7, 11) is 0. The SMILES string of the molecule is CSCCC(NC(=O)C(NC(=O)C(Cc1ccccc1)NC(=O)C(N)CCC(N)=O)C(C)C)C(=O)O. The lowest BCUT2D eigenvalue weighted by atomic mass is 10.00. The zero-order valence-electron chi connectivity index (χ0n) is 20.9. The van der Waals surface area contributed by atoms with Crippen molar-refractivity contribution in [2.75, 3.05) is 12.0 Å². The summed E-state index contributed by atoms with van der Waals surface area (Å²) in [6.45, 7) is 3.43. The average Bonchev–Trinajstić information content (AvgIpc) is 2.82. The summed E-state index contributed by atoms with van der Waals surface area (Å²) >= 11 is 1.46. The van der Waals surface area contributed by atoms with E-state index in [-0.39, 0.29) is 31.6 Å². The molecule has 1 aromatic carbocycles. The third-order valence-electron chi connectivity index (χ3n) is 5.43. The number of primary amides is 1. The van der Waals surface area contributed by atoms with Crippen LogP contribution >= 0.6 is 11.8 Å². The summed E-state index contributed by atoms with van der Waals surface area (Å²) in [5, 5.41) is 17.2. The number of aliphatic carboxylic acids is 1. The number of carbonyl (C=O) groups excluding carboxylic acids is 4. The first kappa shape index (κ1) is 30.9. The Morgan fingerprint density at radius 2 is 1.53 bits per heavy atom. The van der Waals surface area contributed by atoms with Crippen molar-refractivity contribution in [3.05, 3.63) is 35.9 Å². The lowest BCUT2D eigenvalue weighted by molar-refractivity contribution is -0.142. The molecule has 12 heteroatoms. The summed E-state index contributed by atoms with van der Waals surface area (Å²) in [5.74, 6) is -3.48. The molecule has 11 nitrogen and oxygen atoms in total. The minimum Gasteiger partial charge on any atom is -0.480 e. The van der Waals surface area contributed by atoms with E-state index in [1.807, 2.05) is 12.3 Å². The van der Waals surface area contributed by atoms with Crippen molar-refractivity contribution < 1.29 is 29.1 Å². The fourth-order valence-electron chi connectivity index (χ4n) is 3.31. The van der Waals surface area contributed by atoms with E-state index in [2.05, 4.69) is 16.0 Å². The number of hydrogen-bond donors (Lipinski definition) is 6. The van der Waals surface area contributed by atoms with Gasteiger partial charge in [0.25, 0.3) is 0 Å². The van der Waals surface area contributed by atoms with E-state index in [0.717, 1.165) is 5.56 Å². The van der Waals surface area contributed by atoms with Crippen molar-refractivity contribution in [3.8, 4) is 0 Å². The van der Waals surface area contributed by atoms with Crippen LogP contribution in [0.3, 0.4) is 0 Å². The molecule has 200 valence electrons. The van der Waals surface area contributed by atoms with Gasteiger partial charge in [-0.05, 0) is 36.3 Å². The van der Waals surface area contributed by atoms with E-state index in [0.29, 0.717) is 5.75 Å². The molecule has 4 atom stereocenters. The summed E-state index contributed by atoms with van der Waals surface area (Å²) in [4.78, 5) is 61.3. The molecule has 0 bridgehead atoms. The topological polar surface area (TPSA) is 194 Å². The van der Waals surface area contributed by atoms with Crippen molar-refractivity contribution in [1.29, 1.82) is 0 Å². The second kappa shape index (κ2) is 15.8. The van der Waals surface area contributed by atoms with Crippen LogP contribution in [0.25, 0.3) is 0 Å². The first-order valence-electron chi connectivity index (χ1n) is 11.7. The minimum atomic E-state index is -1.16. The molecule has 0 radical (unpaired) electrons. The van der Waals surface area contributed by atoms with Gasteiger partial charge >= 0.3 is 5.97 Å². The number of rotatable bonds is 16. The molecule has 0 aliphatic heterocycles. The molecule has 0 saturated carbocycles. The molecule has 4 amide bonds. The van der Waals surface area contributed by atoms with Gasteiger partial charge in [0.05, 0.1) is 6.04 Å². The van der Waals surface area contributed by atoms with Crippen LogP contribution in [0.1, 0.15) is 38.7 Å². The van der Waals surface area contributed by atoms with Crippen LogP contribution < -0.4 is 27.4 Å². The standard InChI is InChI=1S/C24H37N5O6S/c1-14(2)20(23(33)27-17(24(34)35)11-12-36-3)29-22(32)18(13-15-7-5-4-6-8-15)28-21(31)16(25)9-10-19(26)30/h4-8,14,16-18,20H,9-13,25H2,1-3H3,(H2,26,30)(H,27,33)(H,28,31)(H,29,32)(H,34,35). The first-order valence-corrected chi connectivity index (χ1v) is 13.1. The number of thioether (sulfide) groups is 1. The van der Waals surface area contributed by atoms with E-state index >= 15 is 0 Å². The Kier molecular flexibility index (Phi) is 13.6. The quantitative estimate of drug-likeness (QED) is 0.171. The Morgan fingerprint density at radius 1 is 0.917 bits per heavy atom. The van der Waals surface area contributed by atoms with Gasteiger partial charge in [0, 0.05) is 12.8 Å². The summed E-state index contributed by atoms with van der Waals surface area (Å²) < 4.78 is 0. The maximum Gasteiger partial charge on any atom is 0.326 e. The van der Waals surface area contributed by atoms with Gasteiger partial charge in [-0.1, -0.05) is 44.2 Å². The van der Waals surface area contributed by atoms with Gasteiger partial charge in [0.2, 0.25) is 23.6 Å². The van der Waals surface area contributed by atoms with Crippen LogP contribution in [0.5, 0.6) is 0 Å². The lowest BCUT2D eigenvalue weighted by Gasteiger charge is -2.27. The molecule has 0 saturated heterocycles. The second-order valence-corrected chi connectivity index (χ2v) is 9.76. The Balaban J connectivity index is 3.03. The second-order valence-electron chi connectivity index (χ2n) is 8.77. The molecule has 1 rings (SSSR count). The Labute approximate surface area is 215 Å². The molecule has 0 spiro atoms.